The zero-order chi connectivity index (χ0) is 24.5. The van der Waals surface area contributed by atoms with Crippen molar-refractivity contribution in [2.24, 2.45) is 0 Å². The van der Waals surface area contributed by atoms with Gasteiger partial charge in [-0.05, 0) is 41.5 Å². The van der Waals surface area contributed by atoms with Crippen molar-refractivity contribution in [2.75, 3.05) is 6.61 Å². The molecule has 180 valence electrons. The number of amides is 2. The minimum Gasteiger partial charge on any atom is -0.481 e. The van der Waals surface area contributed by atoms with Crippen molar-refractivity contribution in [3.8, 4) is 11.1 Å². The second kappa shape index (κ2) is 9.00. The van der Waals surface area contributed by atoms with Crippen molar-refractivity contribution in [1.29, 1.82) is 0 Å². The maximum absolute atomic E-state index is 13.2. The topological polar surface area (TPSA) is 105 Å². The van der Waals surface area contributed by atoms with Gasteiger partial charge in [-0.15, -0.1) is 0 Å². The molecule has 2 aromatic carbocycles. The summed E-state index contributed by atoms with van der Waals surface area (Å²) in [7, 11) is 0. The van der Waals surface area contributed by atoms with Gasteiger partial charge in [0.15, 0.2) is 0 Å². The normalized spacial score (nSPS) is 16.7. The van der Waals surface area contributed by atoms with E-state index in [4.69, 9.17) is 9.84 Å². The molecule has 2 amide bonds. The van der Waals surface area contributed by atoms with Crippen LogP contribution in [0.1, 0.15) is 42.7 Å². The molecule has 2 aliphatic carbocycles. The first kappa shape index (κ1) is 23.6. The molecule has 0 unspecified atom stereocenters. The van der Waals surface area contributed by atoms with Gasteiger partial charge < -0.3 is 20.5 Å². The van der Waals surface area contributed by atoms with Gasteiger partial charge in [0.25, 0.3) is 0 Å². The number of ether oxygens (including phenoxy) is 1. The highest BCUT2D eigenvalue weighted by molar-refractivity contribution is 5.93. The Morgan fingerprint density at radius 3 is 2.09 bits per heavy atom. The van der Waals surface area contributed by atoms with Crippen LogP contribution < -0.4 is 10.6 Å². The summed E-state index contributed by atoms with van der Waals surface area (Å²) in [5.74, 6) is -2.61. The van der Waals surface area contributed by atoms with Crippen LogP contribution in [0.3, 0.4) is 0 Å². The molecule has 2 aliphatic rings. The number of alkyl carbamates (subject to hydrolysis) is 1. The van der Waals surface area contributed by atoms with Crippen molar-refractivity contribution in [2.45, 2.75) is 49.4 Å². The number of carboxylic acids is 1. The van der Waals surface area contributed by atoms with Gasteiger partial charge in [-0.25, -0.2) is 4.79 Å². The molecule has 0 bridgehead atoms. The number of nitrogens with one attached hydrogen (secondary N) is 2. The Kier molecular flexibility index (Phi) is 6.24. The van der Waals surface area contributed by atoms with Crippen LogP contribution in [0.5, 0.6) is 0 Å². The average molecular weight is 476 g/mol. The molecule has 0 aliphatic heterocycles. The minimum atomic E-state index is -4.81. The average Bonchev–Trinajstić information content (AvgIpc) is 3.49. The summed E-state index contributed by atoms with van der Waals surface area (Å²) in [5.41, 5.74) is 2.60. The lowest BCUT2D eigenvalue weighted by Crippen LogP contribution is -2.55. The molecule has 3 N–H and O–H groups in total. The number of benzene rings is 2. The highest BCUT2D eigenvalue weighted by Crippen LogP contribution is 2.44. The summed E-state index contributed by atoms with van der Waals surface area (Å²) >= 11 is 0. The van der Waals surface area contributed by atoms with Crippen LogP contribution in [-0.2, 0) is 14.3 Å². The highest BCUT2D eigenvalue weighted by Gasteiger charge is 2.54. The second-order valence-corrected chi connectivity index (χ2v) is 8.53. The Morgan fingerprint density at radius 1 is 1.03 bits per heavy atom. The maximum Gasteiger partial charge on any atom is 0.408 e. The molecule has 7 nitrogen and oxygen atoms in total. The van der Waals surface area contributed by atoms with E-state index in [-0.39, 0.29) is 25.4 Å². The summed E-state index contributed by atoms with van der Waals surface area (Å²) < 4.78 is 45.0. The van der Waals surface area contributed by atoms with Crippen LogP contribution in [0.4, 0.5) is 18.0 Å². The molecular weight excluding hydrogens is 453 g/mol. The van der Waals surface area contributed by atoms with Crippen LogP contribution in [0.25, 0.3) is 11.1 Å². The first-order chi connectivity index (χ1) is 16.1. The summed E-state index contributed by atoms with van der Waals surface area (Å²) in [4.78, 5) is 35.6. The predicted octanol–water partition coefficient (Wildman–Crippen LogP) is 3.97. The van der Waals surface area contributed by atoms with Crippen molar-refractivity contribution in [3.05, 3.63) is 59.7 Å². The molecule has 10 heteroatoms. The number of alkyl halides is 3. The molecular formula is C24H23F3N2O5. The number of hydrogen-bond donors (Lipinski definition) is 3. The van der Waals surface area contributed by atoms with Gasteiger partial charge >= 0.3 is 18.2 Å². The van der Waals surface area contributed by atoms with E-state index in [1.807, 2.05) is 53.8 Å². The molecule has 1 fully saturated rings. The number of hydrogen-bond acceptors (Lipinski definition) is 4. The SMILES string of the molecule is O=C(O)CC[C@H](NC(=O)C1(NC(=O)OCC2c3ccccc3-c3ccccc32)CC1)C(F)(F)F. The Morgan fingerprint density at radius 2 is 1.59 bits per heavy atom. The second-order valence-electron chi connectivity index (χ2n) is 8.53. The minimum absolute atomic E-state index is 0.00134. The van der Waals surface area contributed by atoms with Gasteiger partial charge in [0.05, 0.1) is 0 Å². The lowest BCUT2D eigenvalue weighted by molar-refractivity contribution is -0.165. The van der Waals surface area contributed by atoms with Crippen molar-refractivity contribution in [3.63, 3.8) is 0 Å². The molecule has 34 heavy (non-hydrogen) atoms. The van der Waals surface area contributed by atoms with Crippen molar-refractivity contribution >= 4 is 18.0 Å². The quantitative estimate of drug-likeness (QED) is 0.535. The summed E-state index contributed by atoms with van der Waals surface area (Å²) in [6.07, 6.45) is -6.95. The van der Waals surface area contributed by atoms with Gasteiger partial charge in [-0.1, -0.05) is 48.5 Å². The summed E-state index contributed by atoms with van der Waals surface area (Å²) in [6.45, 7) is 0.00134. The van der Waals surface area contributed by atoms with Gasteiger partial charge in [0.1, 0.15) is 18.2 Å². The third kappa shape index (κ3) is 4.85. The first-order valence-electron chi connectivity index (χ1n) is 10.8. The number of rotatable bonds is 8. The molecule has 0 saturated heterocycles. The Labute approximate surface area is 193 Å². The molecule has 4 rings (SSSR count). The molecule has 0 aromatic heterocycles. The summed E-state index contributed by atoms with van der Waals surface area (Å²) in [6, 6.07) is 13.2. The van der Waals surface area contributed by atoms with E-state index in [1.165, 1.54) is 0 Å². The number of carbonyl (C=O) groups is 3. The van der Waals surface area contributed by atoms with E-state index in [0.29, 0.717) is 0 Å². The van der Waals surface area contributed by atoms with E-state index in [0.717, 1.165) is 22.3 Å². The highest BCUT2D eigenvalue weighted by atomic mass is 19.4. The van der Waals surface area contributed by atoms with Crippen molar-refractivity contribution in [1.82, 2.24) is 10.6 Å². The standard InChI is InChI=1S/C24H23F3N2O5/c25-24(26,27)19(9-10-20(30)31)28-21(32)23(11-12-23)29-22(33)34-13-18-16-7-3-1-5-14(16)15-6-2-4-8-17(15)18/h1-8,18-19H,9-13H2,(H,28,32)(H,29,33)(H,30,31)/t19-/m0/s1. The Bertz CT molecular complexity index is 1070. The first-order valence-corrected chi connectivity index (χ1v) is 10.8. The summed E-state index contributed by atoms with van der Waals surface area (Å²) in [5, 5.41) is 12.9. The monoisotopic (exact) mass is 476 g/mol. The smallest absolute Gasteiger partial charge is 0.408 e. The fraction of sp³-hybridized carbons (Fsp3) is 0.375. The maximum atomic E-state index is 13.2. The predicted molar refractivity (Wildman–Crippen MR) is 115 cm³/mol. The number of halogens is 3. The molecule has 1 saturated carbocycles. The van der Waals surface area contributed by atoms with E-state index in [2.05, 4.69) is 5.32 Å². The van der Waals surface area contributed by atoms with E-state index in [9.17, 15) is 27.6 Å². The van der Waals surface area contributed by atoms with E-state index >= 15 is 0 Å². The number of carboxylic acid groups (broad SMARTS) is 1. The molecule has 2 aromatic rings. The number of aliphatic carboxylic acids is 1. The molecule has 0 radical (unpaired) electrons. The van der Waals surface area contributed by atoms with Gasteiger partial charge in [0, 0.05) is 12.3 Å². The van der Waals surface area contributed by atoms with Crippen LogP contribution in [0, 0.1) is 0 Å². The van der Waals surface area contributed by atoms with Gasteiger partial charge in [-0.3, -0.25) is 9.59 Å². The third-order valence-electron chi connectivity index (χ3n) is 6.22. The molecule has 1 atom stereocenters. The van der Waals surface area contributed by atoms with Gasteiger partial charge in [0.2, 0.25) is 5.91 Å². The van der Waals surface area contributed by atoms with Crippen LogP contribution in [0.2, 0.25) is 0 Å². The fourth-order valence-corrected chi connectivity index (χ4v) is 4.25. The van der Waals surface area contributed by atoms with Crippen LogP contribution in [0.15, 0.2) is 48.5 Å². The van der Waals surface area contributed by atoms with Gasteiger partial charge in [-0.2, -0.15) is 13.2 Å². The number of carbonyl (C=O) groups excluding carboxylic acids is 2. The molecule has 0 heterocycles. The third-order valence-corrected chi connectivity index (χ3v) is 6.22. The zero-order valence-electron chi connectivity index (χ0n) is 18.0. The van der Waals surface area contributed by atoms with Crippen LogP contribution >= 0.6 is 0 Å². The zero-order valence-corrected chi connectivity index (χ0v) is 18.0. The van der Waals surface area contributed by atoms with E-state index in [1.54, 1.807) is 0 Å². The van der Waals surface area contributed by atoms with Crippen molar-refractivity contribution < 1.29 is 37.4 Å². The largest absolute Gasteiger partial charge is 0.481 e. The number of fused-ring (bicyclic) bond motifs is 3. The lowest BCUT2D eigenvalue weighted by Gasteiger charge is -2.24. The Balaban J connectivity index is 1.38. The lowest BCUT2D eigenvalue weighted by atomic mass is 9.98. The fourth-order valence-electron chi connectivity index (χ4n) is 4.25. The molecule has 0 spiro atoms. The Hall–Kier alpha value is -3.56. The van der Waals surface area contributed by atoms with E-state index < -0.39 is 48.6 Å². The van der Waals surface area contributed by atoms with Crippen LogP contribution in [-0.4, -0.2) is 47.4 Å².